The molecule has 1 fully saturated rings. The molecule has 0 aliphatic carbocycles. The highest BCUT2D eigenvalue weighted by molar-refractivity contribution is 6.30. The molecular formula is C80H68ClF7N16O8. The van der Waals surface area contributed by atoms with E-state index in [4.69, 9.17) is 37.6 Å². The molecule has 1 saturated heterocycles. The summed E-state index contributed by atoms with van der Waals surface area (Å²) >= 11 is 6.07. The maximum Gasteiger partial charge on any atom is 0.416 e. The normalized spacial score (nSPS) is 12.5. The number of aromatic amines is 4. The Morgan fingerprint density at radius 3 is 1.47 bits per heavy atom. The van der Waals surface area contributed by atoms with Crippen molar-refractivity contribution in [1.82, 2.24) is 54.3 Å². The second kappa shape index (κ2) is 34.7. The molecule has 0 amide bonds. The van der Waals surface area contributed by atoms with Gasteiger partial charge in [-0.25, -0.2) is 32.2 Å². The number of nitrogen functional groups attached to an aromatic ring is 1. The van der Waals surface area contributed by atoms with E-state index >= 15 is 0 Å². The highest BCUT2D eigenvalue weighted by Gasteiger charge is 2.31. The number of benzene rings is 8. The summed E-state index contributed by atoms with van der Waals surface area (Å²) in [5.74, 6) is -0.343. The van der Waals surface area contributed by atoms with Crippen molar-refractivity contribution >= 4 is 35.2 Å². The summed E-state index contributed by atoms with van der Waals surface area (Å²) in [7, 11) is 1.56. The maximum absolute atomic E-state index is 13.3. The number of H-pyrrole nitrogens is 4. The van der Waals surface area contributed by atoms with Gasteiger partial charge in [0.05, 0.1) is 60.1 Å². The second-order valence-electron chi connectivity index (χ2n) is 25.4. The summed E-state index contributed by atoms with van der Waals surface area (Å²) in [6.45, 7) is 3.03. The van der Waals surface area contributed by atoms with Crippen LogP contribution in [0.1, 0.15) is 50.1 Å². The highest BCUT2D eigenvalue weighted by Crippen LogP contribution is 2.33. The van der Waals surface area contributed by atoms with Crippen LogP contribution in [0.15, 0.2) is 243 Å². The van der Waals surface area contributed by atoms with Gasteiger partial charge in [0.15, 0.2) is 5.82 Å². The van der Waals surface area contributed by atoms with Crippen molar-refractivity contribution in [1.29, 1.82) is 10.8 Å². The number of aromatic nitrogens is 9. The lowest BCUT2D eigenvalue weighted by atomic mass is 10.0. The van der Waals surface area contributed by atoms with Crippen LogP contribution in [0.5, 0.6) is 5.75 Å². The number of nitro groups is 1. The molecule has 24 nitrogen and oxygen atoms in total. The standard InChI is InChI=1S/C22H20F4N4O2.C21H15F2N3O.C19H16ClFN4O.C18H17N5O4/c23-17-7-1-14(2-8-17)13-18-19(15-3-5-16(6-4-15)22(24,25)26)28-30(20(18)31)21(27)29-9-11-32-12-10-29;22-16-8-4-14(5-9-16)13-18-20(15-6-10-17(23)11-7-15)25-26(21(18)27)19-3-1-2-12-24-19;20-14-3-1-2-12(10-14)11-16-17(13-4-6-15(21)7-5-13)24-25(18(16)26)19-22-8-9-23-19;1-27-14-4-2-3-11(9-14)10-15-16(21-22(17(15)24)18(19)20)12-5-7-13(8-6-12)23(25)26/h1-8,27-28H,9-13H2;1-12,25H,13H2;1-7,10,24H,8-9,11H2,(H,22,23);2-9,21H,10H2,1H3,(H3,19,20). The van der Waals surface area contributed by atoms with Gasteiger partial charge in [-0.05, 0) is 161 Å². The van der Waals surface area contributed by atoms with E-state index in [0.29, 0.717) is 137 Å². The third kappa shape index (κ3) is 18.5. The molecule has 572 valence electrons. The van der Waals surface area contributed by atoms with Gasteiger partial charge in [-0.15, -0.1) is 0 Å². The zero-order chi connectivity index (χ0) is 79.3. The molecule has 2 aliphatic rings. The van der Waals surface area contributed by atoms with E-state index < -0.39 is 39.6 Å². The Morgan fingerprint density at radius 1 is 0.554 bits per heavy atom. The van der Waals surface area contributed by atoms with Crippen LogP contribution in [0, 0.1) is 44.2 Å². The monoisotopic (exact) mass is 1550 g/mol. The van der Waals surface area contributed by atoms with E-state index in [1.807, 2.05) is 36.4 Å². The summed E-state index contributed by atoms with van der Waals surface area (Å²) < 4.78 is 107. The molecule has 7 heterocycles. The molecule has 8 aromatic carbocycles. The van der Waals surface area contributed by atoms with Crippen molar-refractivity contribution in [2.24, 2.45) is 10.7 Å². The fraction of sp³-hybridized carbons (Fsp3) is 0.150. The van der Waals surface area contributed by atoms with E-state index in [2.05, 4.69) is 35.7 Å². The van der Waals surface area contributed by atoms with Gasteiger partial charge >= 0.3 is 6.18 Å². The fourth-order valence-corrected chi connectivity index (χ4v) is 12.5. The van der Waals surface area contributed by atoms with E-state index in [1.165, 1.54) is 94.3 Å². The predicted octanol–water partition coefficient (Wildman–Crippen LogP) is 12.9. The zero-order valence-corrected chi connectivity index (χ0v) is 60.1. The van der Waals surface area contributed by atoms with Crippen LogP contribution in [0.4, 0.5) is 36.4 Å². The topological polar surface area (TPSA) is 327 Å². The minimum atomic E-state index is -4.48. The Kier molecular flexibility index (Phi) is 24.1. The first-order chi connectivity index (χ1) is 53.9. The molecule has 9 N–H and O–H groups in total. The Labute approximate surface area is 636 Å². The van der Waals surface area contributed by atoms with Gasteiger partial charge in [0.1, 0.15) is 29.0 Å². The molecule has 0 spiro atoms. The average Bonchev–Trinajstić information content (AvgIpc) is 1.65. The third-order valence-electron chi connectivity index (χ3n) is 18.0. The van der Waals surface area contributed by atoms with E-state index in [9.17, 15) is 60.0 Å². The summed E-state index contributed by atoms with van der Waals surface area (Å²) in [5.41, 5.74) is 12.6. The third-order valence-corrected chi connectivity index (χ3v) is 18.2. The van der Waals surface area contributed by atoms with Gasteiger partial charge < -0.3 is 25.4 Å². The van der Waals surface area contributed by atoms with Crippen LogP contribution >= 0.6 is 11.6 Å². The second-order valence-corrected chi connectivity index (χ2v) is 25.8. The molecule has 0 saturated carbocycles. The summed E-state index contributed by atoms with van der Waals surface area (Å²) in [4.78, 5) is 72.5. The number of hydrogen-bond acceptors (Lipinski definition) is 13. The fourth-order valence-electron chi connectivity index (χ4n) is 12.3. The number of nitrogens with one attached hydrogen (secondary N) is 7. The Balaban J connectivity index is 0.000000139. The van der Waals surface area contributed by atoms with Gasteiger partial charge in [-0.1, -0.05) is 78.3 Å². The smallest absolute Gasteiger partial charge is 0.416 e. The van der Waals surface area contributed by atoms with Gasteiger partial charge in [0.25, 0.3) is 27.9 Å². The SMILES string of the molecule is COc1cccc(Cc2c(-c3ccc([N+](=O)[O-])cc3)[nH]n(C(=N)N)c2=O)c1.N=C(N1CCOCC1)n1[nH]c(-c2ccc(C(F)(F)F)cc2)c(Cc2ccc(F)cc2)c1=O.O=c1c(Cc2ccc(F)cc2)c(-c2ccc(F)cc2)[nH]n1-c1ccccn1.O=c1c(Cc2cccc(Cl)c2)c(-c2ccc(F)cc2)[nH]n1C1=NCCN1. The number of methoxy groups -OCH3 is 1. The van der Waals surface area contributed by atoms with Crippen molar-refractivity contribution in [3.8, 4) is 56.6 Å². The number of nitro benzene ring substituents is 1. The van der Waals surface area contributed by atoms with Crippen molar-refractivity contribution < 1.29 is 45.1 Å². The van der Waals surface area contributed by atoms with Gasteiger partial charge in [-0.3, -0.25) is 60.5 Å². The molecule has 13 aromatic rings. The number of ether oxygens (including phenoxy) is 2. The molecule has 0 atom stereocenters. The number of nitrogens with zero attached hydrogens (tertiary/aromatic N) is 8. The number of nitrogens with two attached hydrogens (primary N) is 1. The minimum Gasteiger partial charge on any atom is -0.497 e. The van der Waals surface area contributed by atoms with Crippen molar-refractivity contribution in [3.05, 3.63) is 348 Å². The lowest BCUT2D eigenvalue weighted by Gasteiger charge is -2.28. The molecule has 32 heteroatoms. The number of aliphatic imine (C=N–C) groups is 1. The highest BCUT2D eigenvalue weighted by atomic mass is 35.5. The quantitative estimate of drug-likeness (QED) is 0.0156. The molecule has 2 aliphatic heterocycles. The number of alkyl halides is 3. The van der Waals surface area contributed by atoms with Crippen LogP contribution in [0.25, 0.3) is 50.8 Å². The molecule has 0 bridgehead atoms. The predicted molar refractivity (Wildman–Crippen MR) is 410 cm³/mol. The Morgan fingerprint density at radius 2 is 1.00 bits per heavy atom. The first-order valence-corrected chi connectivity index (χ1v) is 34.9. The number of pyridine rings is 1. The first-order valence-electron chi connectivity index (χ1n) is 34.5. The average molecular weight is 1550 g/mol. The zero-order valence-electron chi connectivity index (χ0n) is 59.3. The largest absolute Gasteiger partial charge is 0.497 e. The molecule has 5 aromatic heterocycles. The summed E-state index contributed by atoms with van der Waals surface area (Å²) in [5, 5.41) is 42.5. The van der Waals surface area contributed by atoms with Gasteiger partial charge in [0, 0.05) is 108 Å². The molecule has 0 unspecified atom stereocenters. The van der Waals surface area contributed by atoms with Gasteiger partial charge in [-0.2, -0.15) is 27.2 Å². The van der Waals surface area contributed by atoms with E-state index in [-0.39, 0.29) is 58.6 Å². The maximum atomic E-state index is 13.3. The van der Waals surface area contributed by atoms with Crippen LogP contribution in [0.3, 0.4) is 0 Å². The molecule has 15 rings (SSSR count). The molecular weight excluding hydrogens is 1480 g/mol. The van der Waals surface area contributed by atoms with Crippen molar-refractivity contribution in [2.75, 3.05) is 46.5 Å². The van der Waals surface area contributed by atoms with Crippen LogP contribution < -0.4 is 38.0 Å². The number of hydrogen-bond donors (Lipinski definition) is 8. The lowest BCUT2D eigenvalue weighted by Crippen LogP contribution is -2.46. The molecule has 112 heavy (non-hydrogen) atoms. The first kappa shape index (κ1) is 77.9. The van der Waals surface area contributed by atoms with Crippen LogP contribution in [-0.2, 0) is 36.6 Å². The molecule has 0 radical (unpaired) electrons. The Hall–Kier alpha value is -13.7. The minimum absolute atomic E-state index is 0.0542. The van der Waals surface area contributed by atoms with Gasteiger partial charge in [0.2, 0.25) is 17.9 Å². The Bertz CT molecular complexity index is 5810. The number of morpholine rings is 1. The van der Waals surface area contributed by atoms with E-state index in [0.717, 1.165) is 43.8 Å². The lowest BCUT2D eigenvalue weighted by molar-refractivity contribution is -0.384. The van der Waals surface area contributed by atoms with Crippen molar-refractivity contribution in [3.63, 3.8) is 0 Å². The summed E-state index contributed by atoms with van der Waals surface area (Å²) in [6.07, 6.45) is -1.77. The number of non-ortho nitro benzene ring substituents is 1. The van der Waals surface area contributed by atoms with E-state index in [1.54, 1.807) is 97.1 Å². The van der Waals surface area contributed by atoms with Crippen molar-refractivity contribution in [2.45, 2.75) is 31.9 Å². The summed E-state index contributed by atoms with van der Waals surface area (Å²) in [6, 6.07) is 53.7. The van der Waals surface area contributed by atoms with Crippen LogP contribution in [-0.4, -0.2) is 118 Å². The number of rotatable bonds is 15. The number of halogens is 8. The van der Waals surface area contributed by atoms with Crippen LogP contribution in [0.2, 0.25) is 5.02 Å².